The van der Waals surface area contributed by atoms with Crippen LogP contribution in [0.1, 0.15) is 5.56 Å². The normalized spacial score (nSPS) is 10.8. The summed E-state index contributed by atoms with van der Waals surface area (Å²) in [5.74, 6) is 0. The highest BCUT2D eigenvalue weighted by atomic mass is 15.1. The van der Waals surface area contributed by atoms with Crippen LogP contribution in [0.5, 0.6) is 0 Å². The summed E-state index contributed by atoms with van der Waals surface area (Å²) in [5.41, 5.74) is 4.94. The van der Waals surface area contributed by atoms with Crippen molar-refractivity contribution in [2.24, 2.45) is 0 Å². The fraction of sp³-hybridized carbons (Fsp3) is 0.167. The lowest BCUT2D eigenvalue weighted by Crippen LogP contribution is -2.10. The van der Waals surface area contributed by atoms with Gasteiger partial charge in [0.05, 0.1) is 0 Å². The molecule has 0 atom stereocenters. The average Bonchev–Trinajstić information content (AvgIpc) is 2.47. The van der Waals surface area contributed by atoms with Gasteiger partial charge in [-0.15, -0.1) is 0 Å². The number of benzene rings is 2. The maximum Gasteiger partial charge on any atom is 0.0472 e. The Morgan fingerprint density at radius 2 is 1.75 bits per heavy atom. The second-order valence-electron chi connectivity index (χ2n) is 5.27. The van der Waals surface area contributed by atoms with Crippen molar-refractivity contribution in [1.29, 1.82) is 0 Å². The molecule has 0 saturated carbocycles. The highest BCUT2D eigenvalue weighted by Crippen LogP contribution is 2.36. The molecule has 0 N–H and O–H groups in total. The average molecular weight is 262 g/mol. The van der Waals surface area contributed by atoms with Crippen molar-refractivity contribution in [3.05, 3.63) is 60.4 Å². The molecule has 0 radical (unpaired) electrons. The van der Waals surface area contributed by atoms with E-state index in [1.807, 2.05) is 12.4 Å². The maximum absolute atomic E-state index is 4.33. The maximum atomic E-state index is 4.33. The zero-order valence-corrected chi connectivity index (χ0v) is 12.1. The standard InChI is InChI=1S/C18H18N2/c1-13-8-9-14-6-4-5-7-15(14)18(13)16-12-19-11-10-17(16)20(2)3/h4-12H,1-3H3. The summed E-state index contributed by atoms with van der Waals surface area (Å²) in [7, 11) is 4.14. The summed E-state index contributed by atoms with van der Waals surface area (Å²) in [4.78, 5) is 6.46. The van der Waals surface area contributed by atoms with E-state index in [0.717, 1.165) is 0 Å². The molecule has 2 aromatic carbocycles. The Morgan fingerprint density at radius 1 is 0.950 bits per heavy atom. The van der Waals surface area contributed by atoms with Gasteiger partial charge in [0.25, 0.3) is 0 Å². The third-order valence-corrected chi connectivity index (χ3v) is 3.69. The van der Waals surface area contributed by atoms with Crippen LogP contribution in [0.15, 0.2) is 54.9 Å². The molecule has 100 valence electrons. The molecule has 2 nitrogen and oxygen atoms in total. The summed E-state index contributed by atoms with van der Waals surface area (Å²) >= 11 is 0. The van der Waals surface area contributed by atoms with E-state index in [1.54, 1.807) is 0 Å². The summed E-state index contributed by atoms with van der Waals surface area (Å²) in [5, 5.41) is 2.55. The topological polar surface area (TPSA) is 16.1 Å². The van der Waals surface area contributed by atoms with Crippen molar-refractivity contribution < 1.29 is 0 Å². The summed E-state index contributed by atoms with van der Waals surface area (Å²) in [6.07, 6.45) is 3.81. The molecule has 0 amide bonds. The molecule has 1 aromatic heterocycles. The third-order valence-electron chi connectivity index (χ3n) is 3.69. The Kier molecular flexibility index (Phi) is 3.15. The van der Waals surface area contributed by atoms with Crippen LogP contribution in [0, 0.1) is 6.92 Å². The molecule has 0 aliphatic rings. The van der Waals surface area contributed by atoms with Crippen LogP contribution in [0.3, 0.4) is 0 Å². The van der Waals surface area contributed by atoms with Crippen LogP contribution in [-0.4, -0.2) is 19.1 Å². The molecule has 0 unspecified atom stereocenters. The Hall–Kier alpha value is -2.35. The highest BCUT2D eigenvalue weighted by molar-refractivity contribution is 6.00. The summed E-state index contributed by atoms with van der Waals surface area (Å²) in [6, 6.07) is 14.9. The van der Waals surface area contributed by atoms with Gasteiger partial charge in [0.15, 0.2) is 0 Å². The zero-order valence-electron chi connectivity index (χ0n) is 12.1. The van der Waals surface area contributed by atoms with Crippen molar-refractivity contribution in [2.45, 2.75) is 6.92 Å². The van der Waals surface area contributed by atoms with Crippen LogP contribution >= 0.6 is 0 Å². The molecule has 0 saturated heterocycles. The van der Waals surface area contributed by atoms with Crippen molar-refractivity contribution in [2.75, 3.05) is 19.0 Å². The van der Waals surface area contributed by atoms with E-state index < -0.39 is 0 Å². The molecule has 20 heavy (non-hydrogen) atoms. The number of pyridine rings is 1. The molecule has 0 fully saturated rings. The van der Waals surface area contributed by atoms with Crippen molar-refractivity contribution >= 4 is 16.5 Å². The SMILES string of the molecule is Cc1ccc2ccccc2c1-c1cnccc1N(C)C. The van der Waals surface area contributed by atoms with Gasteiger partial charge in [-0.1, -0.05) is 36.4 Å². The van der Waals surface area contributed by atoms with Crippen LogP contribution in [0.4, 0.5) is 5.69 Å². The van der Waals surface area contributed by atoms with Gasteiger partial charge in [-0.3, -0.25) is 4.98 Å². The lowest BCUT2D eigenvalue weighted by atomic mass is 9.94. The first-order valence-electron chi connectivity index (χ1n) is 6.78. The number of nitrogens with zero attached hydrogens (tertiary/aromatic N) is 2. The minimum Gasteiger partial charge on any atom is -0.377 e. The van der Waals surface area contributed by atoms with Gasteiger partial charge in [0, 0.05) is 37.7 Å². The van der Waals surface area contributed by atoms with Gasteiger partial charge in [0.2, 0.25) is 0 Å². The lowest BCUT2D eigenvalue weighted by molar-refractivity contribution is 1.12. The fourth-order valence-electron chi connectivity index (χ4n) is 2.71. The summed E-state index contributed by atoms with van der Waals surface area (Å²) in [6.45, 7) is 2.16. The van der Waals surface area contributed by atoms with Crippen LogP contribution in [0.25, 0.3) is 21.9 Å². The van der Waals surface area contributed by atoms with Gasteiger partial charge < -0.3 is 4.90 Å². The molecule has 0 aliphatic carbocycles. The number of hydrogen-bond donors (Lipinski definition) is 0. The zero-order chi connectivity index (χ0) is 14.1. The molecule has 0 spiro atoms. The molecule has 3 aromatic rings. The van der Waals surface area contributed by atoms with E-state index in [9.17, 15) is 0 Å². The quantitative estimate of drug-likeness (QED) is 0.685. The van der Waals surface area contributed by atoms with Crippen molar-refractivity contribution in [3.63, 3.8) is 0 Å². The van der Waals surface area contributed by atoms with Gasteiger partial charge in [0.1, 0.15) is 0 Å². The lowest BCUT2D eigenvalue weighted by Gasteiger charge is -2.19. The molecule has 0 bridgehead atoms. The van der Waals surface area contributed by atoms with Gasteiger partial charge >= 0.3 is 0 Å². The number of hydrogen-bond acceptors (Lipinski definition) is 2. The van der Waals surface area contributed by atoms with E-state index in [4.69, 9.17) is 0 Å². The Balaban J connectivity index is 2.38. The first-order valence-corrected chi connectivity index (χ1v) is 6.78. The Morgan fingerprint density at radius 3 is 2.55 bits per heavy atom. The highest BCUT2D eigenvalue weighted by Gasteiger charge is 2.12. The summed E-state index contributed by atoms with van der Waals surface area (Å²) < 4.78 is 0. The third kappa shape index (κ3) is 2.03. The predicted octanol–water partition coefficient (Wildman–Crippen LogP) is 4.28. The van der Waals surface area contributed by atoms with E-state index in [0.29, 0.717) is 0 Å². The monoisotopic (exact) mass is 262 g/mol. The minimum absolute atomic E-state index is 1.19. The Labute approximate surface area is 119 Å². The predicted molar refractivity (Wildman–Crippen MR) is 86.2 cm³/mol. The van der Waals surface area contributed by atoms with Crippen LogP contribution in [0.2, 0.25) is 0 Å². The smallest absolute Gasteiger partial charge is 0.0472 e. The van der Waals surface area contributed by atoms with Crippen molar-refractivity contribution in [3.8, 4) is 11.1 Å². The second kappa shape index (κ2) is 4.97. The largest absolute Gasteiger partial charge is 0.377 e. The second-order valence-corrected chi connectivity index (χ2v) is 5.27. The van der Waals surface area contributed by atoms with Gasteiger partial charge in [-0.05, 0) is 34.9 Å². The van der Waals surface area contributed by atoms with E-state index >= 15 is 0 Å². The molecular formula is C18H18N2. The first kappa shape index (κ1) is 12.7. The number of anilines is 1. The minimum atomic E-state index is 1.19. The van der Waals surface area contributed by atoms with E-state index in [2.05, 4.69) is 73.4 Å². The molecule has 0 aliphatic heterocycles. The number of rotatable bonds is 2. The molecular weight excluding hydrogens is 244 g/mol. The molecule has 1 heterocycles. The number of aryl methyl sites for hydroxylation is 1. The van der Waals surface area contributed by atoms with E-state index in [1.165, 1.54) is 33.2 Å². The molecule has 2 heteroatoms. The van der Waals surface area contributed by atoms with Gasteiger partial charge in [-0.2, -0.15) is 0 Å². The van der Waals surface area contributed by atoms with Crippen molar-refractivity contribution in [1.82, 2.24) is 4.98 Å². The number of fused-ring (bicyclic) bond motifs is 1. The van der Waals surface area contributed by atoms with Crippen LogP contribution < -0.4 is 4.90 Å². The first-order chi connectivity index (χ1) is 9.68. The van der Waals surface area contributed by atoms with Crippen LogP contribution in [-0.2, 0) is 0 Å². The Bertz CT molecular complexity index is 760. The number of aromatic nitrogens is 1. The fourth-order valence-corrected chi connectivity index (χ4v) is 2.71. The van der Waals surface area contributed by atoms with Gasteiger partial charge in [-0.25, -0.2) is 0 Å². The molecule has 3 rings (SSSR count). The van der Waals surface area contributed by atoms with E-state index in [-0.39, 0.29) is 0 Å².